The fraction of sp³-hybridized carbons (Fsp3) is 0.238. The highest BCUT2D eigenvalue weighted by Crippen LogP contribution is 2.35. The number of para-hydroxylation sites is 1. The zero-order valence-corrected chi connectivity index (χ0v) is 16.7. The fourth-order valence-electron chi connectivity index (χ4n) is 3.58. The third-order valence-electron chi connectivity index (χ3n) is 5.18. The van der Waals surface area contributed by atoms with Gasteiger partial charge in [0.25, 0.3) is 0 Å². The zero-order valence-electron chi connectivity index (χ0n) is 15.9. The molecular weight excluding hydrogens is 382 g/mol. The minimum Gasteiger partial charge on any atom is -0.324 e. The van der Waals surface area contributed by atoms with Crippen LogP contribution in [0.5, 0.6) is 0 Å². The molecule has 0 bridgehead atoms. The molecule has 0 amide bonds. The molecule has 3 aromatic heterocycles. The number of nitrogens with one attached hydrogen (secondary N) is 2. The molecule has 1 fully saturated rings. The lowest BCUT2D eigenvalue weighted by Gasteiger charge is -2.41. The number of anilines is 2. The number of hydrogen-bond acceptors (Lipinski definition) is 7. The summed E-state index contributed by atoms with van der Waals surface area (Å²) in [5, 5.41) is 20.4. The maximum atomic E-state index is 9.23. The molecule has 5 rings (SSSR count). The minimum absolute atomic E-state index is 0.268. The van der Waals surface area contributed by atoms with Crippen molar-refractivity contribution in [3.05, 3.63) is 53.7 Å². The van der Waals surface area contributed by atoms with Gasteiger partial charge in [-0.05, 0) is 25.1 Å². The number of aryl methyl sites for hydroxylation is 1. The van der Waals surface area contributed by atoms with Crippen molar-refractivity contribution < 1.29 is 0 Å². The number of fused-ring (bicyclic) bond motifs is 1. The van der Waals surface area contributed by atoms with Gasteiger partial charge in [-0.3, -0.25) is 4.68 Å². The van der Waals surface area contributed by atoms with Crippen molar-refractivity contribution in [2.75, 3.05) is 18.4 Å². The van der Waals surface area contributed by atoms with E-state index < -0.39 is 0 Å². The van der Waals surface area contributed by atoms with E-state index in [2.05, 4.69) is 34.8 Å². The van der Waals surface area contributed by atoms with Crippen molar-refractivity contribution in [3.8, 4) is 17.3 Å². The van der Waals surface area contributed by atoms with Crippen molar-refractivity contribution in [3.63, 3.8) is 0 Å². The first-order chi connectivity index (χ1) is 14.2. The van der Waals surface area contributed by atoms with Gasteiger partial charge in [-0.1, -0.05) is 18.2 Å². The van der Waals surface area contributed by atoms with Crippen LogP contribution in [0, 0.1) is 18.3 Å². The molecule has 0 aliphatic carbocycles. The van der Waals surface area contributed by atoms with Gasteiger partial charge < -0.3 is 10.6 Å². The average Bonchev–Trinajstić information content (AvgIpc) is 3.31. The minimum atomic E-state index is -0.268. The Bertz CT molecular complexity index is 1220. The fourth-order valence-corrected chi connectivity index (χ4v) is 4.55. The van der Waals surface area contributed by atoms with Gasteiger partial charge in [-0.2, -0.15) is 10.4 Å². The van der Waals surface area contributed by atoms with E-state index in [1.807, 2.05) is 47.4 Å². The van der Waals surface area contributed by atoms with Crippen LogP contribution in [0.3, 0.4) is 0 Å². The van der Waals surface area contributed by atoms with E-state index >= 15 is 0 Å². The molecule has 0 radical (unpaired) electrons. The van der Waals surface area contributed by atoms with Gasteiger partial charge in [0.1, 0.15) is 5.54 Å². The van der Waals surface area contributed by atoms with Gasteiger partial charge >= 0.3 is 0 Å². The van der Waals surface area contributed by atoms with E-state index in [4.69, 9.17) is 9.97 Å². The molecule has 0 spiro atoms. The maximum absolute atomic E-state index is 9.23. The summed E-state index contributed by atoms with van der Waals surface area (Å²) in [5.74, 6) is 0.557. The van der Waals surface area contributed by atoms with Crippen LogP contribution in [0.2, 0.25) is 0 Å². The van der Waals surface area contributed by atoms with E-state index in [0.717, 1.165) is 40.3 Å². The van der Waals surface area contributed by atoms with Crippen LogP contribution in [0.15, 0.2) is 48.8 Å². The molecule has 0 atom stereocenters. The molecular formula is C21H19N7S. The Balaban J connectivity index is 1.58. The lowest BCUT2D eigenvalue weighted by molar-refractivity contribution is 0.160. The summed E-state index contributed by atoms with van der Waals surface area (Å²) < 4.78 is 2.96. The molecule has 8 heteroatoms. The van der Waals surface area contributed by atoms with Crippen molar-refractivity contribution in [2.45, 2.75) is 18.9 Å². The molecule has 1 saturated heterocycles. The Kier molecular flexibility index (Phi) is 4.27. The molecule has 29 heavy (non-hydrogen) atoms. The maximum Gasteiger partial charge on any atom is 0.228 e. The van der Waals surface area contributed by atoms with Gasteiger partial charge in [0, 0.05) is 35.4 Å². The monoisotopic (exact) mass is 401 g/mol. The molecule has 0 saturated carbocycles. The quantitative estimate of drug-likeness (QED) is 0.528. The van der Waals surface area contributed by atoms with E-state index in [9.17, 15) is 5.26 Å². The summed E-state index contributed by atoms with van der Waals surface area (Å²) in [6.07, 6.45) is 4.26. The van der Waals surface area contributed by atoms with E-state index in [1.54, 1.807) is 11.3 Å². The zero-order chi connectivity index (χ0) is 19.8. The summed E-state index contributed by atoms with van der Waals surface area (Å²) in [4.78, 5) is 10.7. The van der Waals surface area contributed by atoms with Crippen LogP contribution < -0.4 is 10.6 Å². The van der Waals surface area contributed by atoms with Crippen molar-refractivity contribution >= 4 is 33.2 Å². The highest BCUT2D eigenvalue weighted by atomic mass is 32.1. The molecule has 0 unspecified atom stereocenters. The van der Waals surface area contributed by atoms with Crippen LogP contribution in [-0.2, 0) is 5.54 Å². The van der Waals surface area contributed by atoms with Crippen molar-refractivity contribution in [1.82, 2.24) is 25.1 Å². The predicted molar refractivity (Wildman–Crippen MR) is 114 cm³/mol. The third-order valence-corrected chi connectivity index (χ3v) is 6.23. The van der Waals surface area contributed by atoms with Gasteiger partial charge in [0.05, 0.1) is 34.6 Å². The molecule has 1 aliphatic heterocycles. The second-order valence-electron chi connectivity index (χ2n) is 7.29. The molecule has 7 nitrogen and oxygen atoms in total. The number of nitrogens with zero attached hydrogens (tertiary/aromatic N) is 5. The standard InChI is InChI=1S/C21H19N7S/c1-14-9-17-19(29-14)18(27-20(26-17)25-16-5-3-2-4-6-16)15-10-24-28(11-15)21(7-8-22)12-23-13-21/h2-6,9-11,23H,7,12-13H2,1H3,(H,25,26,27). The number of rotatable bonds is 5. The number of thiophene rings is 1. The van der Waals surface area contributed by atoms with Gasteiger partial charge in [-0.15, -0.1) is 11.3 Å². The van der Waals surface area contributed by atoms with Gasteiger partial charge in [0.15, 0.2) is 0 Å². The first kappa shape index (κ1) is 17.8. The predicted octanol–water partition coefficient (Wildman–Crippen LogP) is 3.82. The smallest absolute Gasteiger partial charge is 0.228 e. The van der Waals surface area contributed by atoms with Crippen LogP contribution in [-0.4, -0.2) is 32.8 Å². The average molecular weight is 401 g/mol. The van der Waals surface area contributed by atoms with E-state index in [0.29, 0.717) is 12.4 Å². The van der Waals surface area contributed by atoms with Crippen LogP contribution in [0.4, 0.5) is 11.6 Å². The Morgan fingerprint density at radius 3 is 2.83 bits per heavy atom. The third kappa shape index (κ3) is 3.14. The summed E-state index contributed by atoms with van der Waals surface area (Å²) in [5.41, 5.74) is 3.38. The van der Waals surface area contributed by atoms with E-state index in [-0.39, 0.29) is 5.54 Å². The van der Waals surface area contributed by atoms with Crippen LogP contribution in [0.1, 0.15) is 11.3 Å². The number of benzene rings is 1. The van der Waals surface area contributed by atoms with Crippen molar-refractivity contribution in [1.29, 1.82) is 5.26 Å². The Morgan fingerprint density at radius 1 is 1.28 bits per heavy atom. The molecule has 4 aromatic rings. The van der Waals surface area contributed by atoms with E-state index in [1.165, 1.54) is 4.88 Å². The number of nitriles is 1. The summed E-state index contributed by atoms with van der Waals surface area (Å²) in [6.45, 7) is 3.57. The molecule has 1 aromatic carbocycles. The normalized spacial score (nSPS) is 15.0. The number of aromatic nitrogens is 4. The molecule has 144 valence electrons. The molecule has 1 aliphatic rings. The van der Waals surface area contributed by atoms with Crippen molar-refractivity contribution in [2.24, 2.45) is 0 Å². The second kappa shape index (κ2) is 6.95. The molecule has 2 N–H and O–H groups in total. The summed E-state index contributed by atoms with van der Waals surface area (Å²) in [6, 6.07) is 14.3. The first-order valence-corrected chi connectivity index (χ1v) is 10.2. The summed E-state index contributed by atoms with van der Waals surface area (Å²) in [7, 11) is 0. The lowest BCUT2D eigenvalue weighted by Crippen LogP contribution is -2.60. The Morgan fingerprint density at radius 2 is 2.10 bits per heavy atom. The first-order valence-electron chi connectivity index (χ1n) is 9.40. The Labute approximate surface area is 172 Å². The van der Waals surface area contributed by atoms with Gasteiger partial charge in [0.2, 0.25) is 5.95 Å². The highest BCUT2D eigenvalue weighted by molar-refractivity contribution is 7.19. The second-order valence-corrected chi connectivity index (χ2v) is 8.55. The SMILES string of the molecule is Cc1cc2nc(Nc3ccccc3)nc(-c3cnn(C4(CC#N)CNC4)c3)c2s1. The topological polar surface area (TPSA) is 91.5 Å². The summed E-state index contributed by atoms with van der Waals surface area (Å²) >= 11 is 1.68. The lowest BCUT2D eigenvalue weighted by atomic mass is 9.89. The largest absolute Gasteiger partial charge is 0.324 e. The van der Waals surface area contributed by atoms with Crippen LogP contribution in [0.25, 0.3) is 21.5 Å². The highest BCUT2D eigenvalue weighted by Gasteiger charge is 2.39. The van der Waals surface area contributed by atoms with Gasteiger partial charge in [-0.25, -0.2) is 9.97 Å². The molecule has 4 heterocycles. The number of hydrogen-bond donors (Lipinski definition) is 2. The van der Waals surface area contributed by atoms with Crippen LogP contribution >= 0.6 is 11.3 Å². The Hall–Kier alpha value is -3.28.